The molecule has 1 atom stereocenters. The van der Waals surface area contributed by atoms with Crippen LogP contribution in [0.5, 0.6) is 0 Å². The van der Waals surface area contributed by atoms with E-state index in [4.69, 9.17) is 17.3 Å². The number of rotatable bonds is 5. The fraction of sp³-hybridized carbons (Fsp3) is 0.308. The van der Waals surface area contributed by atoms with Crippen molar-refractivity contribution in [1.82, 2.24) is 10.2 Å². The number of carbonyl (C=O) groups is 2. The first-order valence-electron chi connectivity index (χ1n) is 5.95. The van der Waals surface area contributed by atoms with Crippen LogP contribution in [0.3, 0.4) is 0 Å². The van der Waals surface area contributed by atoms with Gasteiger partial charge < -0.3 is 10.4 Å². The molecule has 6 heteroatoms. The van der Waals surface area contributed by atoms with Gasteiger partial charge >= 0.3 is 5.97 Å². The first kappa shape index (κ1) is 13.5. The van der Waals surface area contributed by atoms with Crippen LogP contribution >= 0.6 is 12.2 Å². The van der Waals surface area contributed by atoms with Gasteiger partial charge in [-0.2, -0.15) is 0 Å². The molecule has 1 aliphatic rings. The largest absolute Gasteiger partial charge is 0.481 e. The minimum absolute atomic E-state index is 0.0504. The number of carboxylic acid groups (broad SMARTS) is 1. The van der Waals surface area contributed by atoms with Crippen LogP contribution in [-0.2, 0) is 16.1 Å². The Morgan fingerprint density at radius 2 is 2.05 bits per heavy atom. The fourth-order valence-electron chi connectivity index (χ4n) is 1.96. The van der Waals surface area contributed by atoms with Crippen molar-refractivity contribution in [2.45, 2.75) is 25.4 Å². The van der Waals surface area contributed by atoms with E-state index in [0.717, 1.165) is 5.56 Å². The topological polar surface area (TPSA) is 69.6 Å². The Labute approximate surface area is 116 Å². The molecule has 0 aromatic heterocycles. The Morgan fingerprint density at radius 3 is 2.68 bits per heavy atom. The average molecular weight is 278 g/mol. The number of carboxylic acids is 1. The van der Waals surface area contributed by atoms with Gasteiger partial charge in [0.2, 0.25) is 0 Å². The summed E-state index contributed by atoms with van der Waals surface area (Å²) in [4.78, 5) is 24.1. The summed E-state index contributed by atoms with van der Waals surface area (Å²) in [6.45, 7) is 0.412. The smallest absolute Gasteiger partial charge is 0.303 e. The summed E-state index contributed by atoms with van der Waals surface area (Å²) in [5.41, 5.74) is 0.985. The maximum Gasteiger partial charge on any atom is 0.303 e. The van der Waals surface area contributed by atoms with Crippen molar-refractivity contribution in [3.63, 3.8) is 0 Å². The van der Waals surface area contributed by atoms with Crippen LogP contribution in [0, 0.1) is 0 Å². The molecule has 1 amide bonds. The predicted molar refractivity (Wildman–Crippen MR) is 73.4 cm³/mol. The summed E-state index contributed by atoms with van der Waals surface area (Å²) in [5, 5.41) is 11.9. The number of benzene rings is 1. The van der Waals surface area contributed by atoms with Gasteiger partial charge in [-0.25, -0.2) is 0 Å². The Hall–Kier alpha value is -1.95. The molecule has 1 aromatic rings. The normalized spacial score (nSPS) is 18.5. The summed E-state index contributed by atoms with van der Waals surface area (Å²) in [6.07, 6.45) is 0.199. The van der Waals surface area contributed by atoms with E-state index in [1.54, 1.807) is 0 Å². The van der Waals surface area contributed by atoms with Crippen LogP contribution in [0.25, 0.3) is 0 Å². The third-order valence-corrected chi connectivity index (χ3v) is 3.28. The second-order valence-electron chi connectivity index (χ2n) is 4.34. The highest BCUT2D eigenvalue weighted by atomic mass is 32.1. The van der Waals surface area contributed by atoms with Crippen molar-refractivity contribution in [1.29, 1.82) is 0 Å². The number of nitrogens with one attached hydrogen (secondary N) is 1. The van der Waals surface area contributed by atoms with Gasteiger partial charge in [-0.15, -0.1) is 0 Å². The van der Waals surface area contributed by atoms with E-state index < -0.39 is 12.0 Å². The lowest BCUT2D eigenvalue weighted by molar-refractivity contribution is -0.137. The van der Waals surface area contributed by atoms with Gasteiger partial charge in [0, 0.05) is 6.42 Å². The molecule has 0 spiro atoms. The van der Waals surface area contributed by atoms with Gasteiger partial charge in [-0.1, -0.05) is 30.3 Å². The maximum absolute atomic E-state index is 12.1. The van der Waals surface area contributed by atoms with E-state index in [1.165, 1.54) is 4.90 Å². The number of hydrogen-bond acceptors (Lipinski definition) is 3. The summed E-state index contributed by atoms with van der Waals surface area (Å²) >= 11 is 5.12. The Balaban J connectivity index is 2.00. The standard InChI is InChI=1S/C13H14N2O3S/c16-11(17)7-6-10-12(18)15(13(19)14-10)8-9-4-2-1-3-5-9/h1-5,10H,6-8H2,(H,14,19)(H,16,17)/t10-/m0/s1. The Kier molecular flexibility index (Phi) is 4.11. The summed E-state index contributed by atoms with van der Waals surface area (Å²) in [5.74, 6) is -1.07. The predicted octanol–water partition coefficient (Wildman–Crippen LogP) is 1.14. The molecule has 5 nitrogen and oxygen atoms in total. The highest BCUT2D eigenvalue weighted by molar-refractivity contribution is 7.80. The van der Waals surface area contributed by atoms with Crippen LogP contribution in [0.15, 0.2) is 30.3 Å². The van der Waals surface area contributed by atoms with E-state index >= 15 is 0 Å². The second kappa shape index (κ2) is 5.79. The number of thiocarbonyl (C=S) groups is 1. The molecule has 0 radical (unpaired) electrons. The summed E-state index contributed by atoms with van der Waals surface area (Å²) in [7, 11) is 0. The monoisotopic (exact) mass is 278 g/mol. The number of amides is 1. The second-order valence-corrected chi connectivity index (χ2v) is 4.73. The molecule has 0 unspecified atom stereocenters. The molecular weight excluding hydrogens is 264 g/mol. The molecule has 1 heterocycles. The molecule has 0 aliphatic carbocycles. The van der Waals surface area contributed by atoms with E-state index in [2.05, 4.69) is 5.32 Å². The first-order valence-corrected chi connectivity index (χ1v) is 6.36. The molecule has 1 aliphatic heterocycles. The van der Waals surface area contributed by atoms with Gasteiger partial charge in [0.15, 0.2) is 5.11 Å². The molecule has 1 fully saturated rings. The van der Waals surface area contributed by atoms with Crippen molar-refractivity contribution >= 4 is 29.2 Å². The van der Waals surface area contributed by atoms with E-state index in [9.17, 15) is 9.59 Å². The van der Waals surface area contributed by atoms with E-state index in [1.807, 2.05) is 30.3 Å². The van der Waals surface area contributed by atoms with Gasteiger partial charge in [-0.3, -0.25) is 14.5 Å². The van der Waals surface area contributed by atoms with E-state index in [0.29, 0.717) is 11.7 Å². The highest BCUT2D eigenvalue weighted by Crippen LogP contribution is 2.15. The van der Waals surface area contributed by atoms with Crippen molar-refractivity contribution in [3.8, 4) is 0 Å². The van der Waals surface area contributed by atoms with Gasteiger partial charge in [-0.05, 0) is 24.2 Å². The molecule has 19 heavy (non-hydrogen) atoms. The average Bonchev–Trinajstić information content (AvgIpc) is 2.65. The number of hydrogen-bond donors (Lipinski definition) is 2. The minimum Gasteiger partial charge on any atom is -0.481 e. The number of nitrogens with zero attached hydrogens (tertiary/aromatic N) is 1. The molecule has 2 N–H and O–H groups in total. The first-order chi connectivity index (χ1) is 9.08. The number of aliphatic carboxylic acids is 1. The SMILES string of the molecule is O=C(O)CC[C@@H]1NC(=S)N(Cc2ccccc2)C1=O. The van der Waals surface area contributed by atoms with Crippen LogP contribution in [0.2, 0.25) is 0 Å². The lowest BCUT2D eigenvalue weighted by Crippen LogP contribution is -2.31. The number of carbonyl (C=O) groups excluding carboxylic acids is 1. The zero-order valence-corrected chi connectivity index (χ0v) is 11.0. The van der Waals surface area contributed by atoms with Gasteiger partial charge in [0.25, 0.3) is 5.91 Å². The molecule has 2 rings (SSSR count). The van der Waals surface area contributed by atoms with Crippen LogP contribution < -0.4 is 5.32 Å². The van der Waals surface area contributed by atoms with Crippen LogP contribution in [0.1, 0.15) is 18.4 Å². The summed E-state index contributed by atoms with van der Waals surface area (Å²) in [6, 6.07) is 9.01. The van der Waals surface area contributed by atoms with Crippen molar-refractivity contribution in [2.75, 3.05) is 0 Å². The Bertz CT molecular complexity index is 504. The third kappa shape index (κ3) is 3.29. The lowest BCUT2D eigenvalue weighted by atomic mass is 10.1. The van der Waals surface area contributed by atoms with Crippen LogP contribution in [0.4, 0.5) is 0 Å². The van der Waals surface area contributed by atoms with Crippen LogP contribution in [-0.4, -0.2) is 33.0 Å². The van der Waals surface area contributed by atoms with E-state index in [-0.39, 0.29) is 18.7 Å². The summed E-state index contributed by atoms with van der Waals surface area (Å²) < 4.78 is 0. The quantitative estimate of drug-likeness (QED) is 0.790. The Morgan fingerprint density at radius 1 is 1.37 bits per heavy atom. The molecule has 0 bridgehead atoms. The van der Waals surface area contributed by atoms with Crippen molar-refractivity contribution in [3.05, 3.63) is 35.9 Å². The molecule has 0 saturated carbocycles. The maximum atomic E-state index is 12.1. The van der Waals surface area contributed by atoms with Crippen molar-refractivity contribution in [2.24, 2.45) is 0 Å². The fourth-order valence-corrected chi connectivity index (χ4v) is 2.25. The highest BCUT2D eigenvalue weighted by Gasteiger charge is 2.35. The minimum atomic E-state index is -0.915. The molecule has 1 saturated heterocycles. The third-order valence-electron chi connectivity index (χ3n) is 2.94. The molecular formula is C13H14N2O3S. The lowest BCUT2D eigenvalue weighted by Gasteiger charge is -2.14. The zero-order valence-electron chi connectivity index (χ0n) is 10.2. The van der Waals surface area contributed by atoms with Gasteiger partial charge in [0.1, 0.15) is 6.04 Å². The zero-order chi connectivity index (χ0) is 13.8. The van der Waals surface area contributed by atoms with Gasteiger partial charge in [0.05, 0.1) is 6.54 Å². The molecule has 1 aromatic carbocycles. The van der Waals surface area contributed by atoms with Crippen molar-refractivity contribution < 1.29 is 14.7 Å². The molecule has 100 valence electrons.